The van der Waals surface area contributed by atoms with Gasteiger partial charge in [0.25, 0.3) is 5.91 Å². The lowest BCUT2D eigenvalue weighted by Crippen LogP contribution is -2.38. The molecule has 1 heterocycles. The third-order valence-corrected chi connectivity index (χ3v) is 5.94. The van der Waals surface area contributed by atoms with Gasteiger partial charge in [-0.25, -0.2) is 4.79 Å². The summed E-state index contributed by atoms with van der Waals surface area (Å²) in [4.78, 5) is 39.4. The molecule has 35 heavy (non-hydrogen) atoms. The van der Waals surface area contributed by atoms with Crippen molar-refractivity contribution in [2.45, 2.75) is 32.4 Å². The van der Waals surface area contributed by atoms with Crippen LogP contribution in [-0.2, 0) is 22.5 Å². The molecular weight excluding hydrogens is 442 g/mol. The van der Waals surface area contributed by atoms with Crippen molar-refractivity contribution in [3.05, 3.63) is 101 Å². The SMILES string of the molecule is CCOC(=O)CC(NC(=O)NCc1ccc2c(c1)CCN2C(=O)c1ccccc1)c1ccccc1. The van der Waals surface area contributed by atoms with E-state index >= 15 is 0 Å². The zero-order valence-corrected chi connectivity index (χ0v) is 19.7. The van der Waals surface area contributed by atoms with E-state index in [1.54, 1.807) is 11.8 Å². The number of carbonyl (C=O) groups is 3. The highest BCUT2D eigenvalue weighted by Gasteiger charge is 2.25. The molecule has 3 amide bonds. The van der Waals surface area contributed by atoms with Gasteiger partial charge in [-0.05, 0) is 48.2 Å². The number of fused-ring (bicyclic) bond motifs is 1. The summed E-state index contributed by atoms with van der Waals surface area (Å²) in [6.45, 7) is 3.00. The Balaban J connectivity index is 1.37. The molecule has 1 atom stereocenters. The van der Waals surface area contributed by atoms with Gasteiger partial charge in [-0.2, -0.15) is 0 Å². The highest BCUT2D eigenvalue weighted by Crippen LogP contribution is 2.30. The first-order valence-electron chi connectivity index (χ1n) is 11.8. The van der Waals surface area contributed by atoms with Crippen LogP contribution in [0.5, 0.6) is 0 Å². The number of hydrogen-bond acceptors (Lipinski definition) is 4. The Labute approximate surface area is 205 Å². The summed E-state index contributed by atoms with van der Waals surface area (Å²) < 4.78 is 5.06. The first-order valence-corrected chi connectivity index (χ1v) is 11.8. The molecule has 3 aromatic carbocycles. The summed E-state index contributed by atoms with van der Waals surface area (Å²) >= 11 is 0. The van der Waals surface area contributed by atoms with Gasteiger partial charge in [-0.15, -0.1) is 0 Å². The van der Waals surface area contributed by atoms with Crippen LogP contribution in [0.25, 0.3) is 0 Å². The molecule has 2 N–H and O–H groups in total. The summed E-state index contributed by atoms with van der Waals surface area (Å²) in [5, 5.41) is 5.75. The molecule has 0 saturated heterocycles. The van der Waals surface area contributed by atoms with Gasteiger partial charge < -0.3 is 20.3 Å². The Kier molecular flexibility index (Phi) is 7.77. The Morgan fingerprint density at radius 1 is 0.971 bits per heavy atom. The number of anilines is 1. The molecular formula is C28H29N3O4. The first kappa shape index (κ1) is 24.0. The fourth-order valence-corrected chi connectivity index (χ4v) is 4.23. The van der Waals surface area contributed by atoms with Crippen molar-refractivity contribution in [2.24, 2.45) is 0 Å². The standard InChI is InChI=1S/C28H29N3O4/c1-2-35-26(32)18-24(21-9-5-3-6-10-21)30-28(34)29-19-20-13-14-25-23(17-20)15-16-31(25)27(33)22-11-7-4-8-12-22/h3-14,17,24H,2,15-16,18-19H2,1H3,(H2,29,30,34). The average Bonchev–Trinajstić information content (AvgIpc) is 3.31. The van der Waals surface area contributed by atoms with Crippen molar-refractivity contribution in [2.75, 3.05) is 18.1 Å². The van der Waals surface area contributed by atoms with Gasteiger partial charge in [-0.3, -0.25) is 9.59 Å². The number of rotatable bonds is 8. The lowest BCUT2D eigenvalue weighted by molar-refractivity contribution is -0.143. The Morgan fingerprint density at radius 2 is 1.69 bits per heavy atom. The molecule has 1 aliphatic heterocycles. The van der Waals surface area contributed by atoms with E-state index in [1.807, 2.05) is 78.9 Å². The summed E-state index contributed by atoms with van der Waals surface area (Å²) in [7, 11) is 0. The quantitative estimate of drug-likeness (QED) is 0.477. The van der Waals surface area contributed by atoms with Gasteiger partial charge >= 0.3 is 12.0 Å². The lowest BCUT2D eigenvalue weighted by atomic mass is 10.0. The van der Waals surface area contributed by atoms with Crippen LogP contribution in [0.2, 0.25) is 0 Å². The van der Waals surface area contributed by atoms with E-state index in [0.717, 1.165) is 28.8 Å². The molecule has 3 aromatic rings. The summed E-state index contributed by atoms with van der Waals surface area (Å²) in [5.41, 5.74) is 4.42. The molecule has 0 fully saturated rings. The second-order valence-corrected chi connectivity index (χ2v) is 8.34. The van der Waals surface area contributed by atoms with Crippen LogP contribution < -0.4 is 15.5 Å². The molecule has 0 saturated carbocycles. The van der Waals surface area contributed by atoms with Gasteiger partial charge in [0.1, 0.15) is 0 Å². The van der Waals surface area contributed by atoms with Crippen LogP contribution in [-0.4, -0.2) is 31.1 Å². The largest absolute Gasteiger partial charge is 0.466 e. The highest BCUT2D eigenvalue weighted by molar-refractivity contribution is 6.07. The molecule has 0 aliphatic carbocycles. The normalized spacial score (nSPS) is 13.0. The Morgan fingerprint density at radius 3 is 2.40 bits per heavy atom. The van der Waals surface area contributed by atoms with Crippen LogP contribution in [0.3, 0.4) is 0 Å². The van der Waals surface area contributed by atoms with Crippen LogP contribution in [0.1, 0.15) is 46.4 Å². The number of urea groups is 1. The van der Waals surface area contributed by atoms with Crippen molar-refractivity contribution in [1.82, 2.24) is 10.6 Å². The summed E-state index contributed by atoms with van der Waals surface area (Å²) in [5.74, 6) is -0.377. The second kappa shape index (κ2) is 11.3. The number of nitrogens with zero attached hydrogens (tertiary/aromatic N) is 1. The van der Waals surface area contributed by atoms with Gasteiger partial charge in [-0.1, -0.05) is 60.7 Å². The molecule has 4 rings (SSSR count). The van der Waals surface area contributed by atoms with E-state index in [1.165, 1.54) is 0 Å². The van der Waals surface area contributed by atoms with Crippen molar-refractivity contribution < 1.29 is 19.1 Å². The fourth-order valence-electron chi connectivity index (χ4n) is 4.23. The first-order chi connectivity index (χ1) is 17.0. The van der Waals surface area contributed by atoms with Crippen molar-refractivity contribution >= 4 is 23.6 Å². The monoisotopic (exact) mass is 471 g/mol. The minimum Gasteiger partial charge on any atom is -0.466 e. The minimum atomic E-state index is -0.493. The fraction of sp³-hybridized carbons (Fsp3) is 0.250. The third-order valence-electron chi connectivity index (χ3n) is 5.94. The predicted molar refractivity (Wildman–Crippen MR) is 134 cm³/mol. The topological polar surface area (TPSA) is 87.7 Å². The van der Waals surface area contributed by atoms with E-state index in [9.17, 15) is 14.4 Å². The average molecular weight is 472 g/mol. The molecule has 180 valence electrons. The van der Waals surface area contributed by atoms with Gasteiger partial charge in [0.05, 0.1) is 19.1 Å². The Bertz CT molecular complexity index is 1180. The maximum Gasteiger partial charge on any atom is 0.315 e. The van der Waals surface area contributed by atoms with Crippen molar-refractivity contribution in [1.29, 1.82) is 0 Å². The summed E-state index contributed by atoms with van der Waals surface area (Å²) in [6, 6.07) is 23.6. The van der Waals surface area contributed by atoms with E-state index in [2.05, 4.69) is 10.6 Å². The second-order valence-electron chi connectivity index (χ2n) is 8.34. The molecule has 0 radical (unpaired) electrons. The molecule has 7 nitrogen and oxygen atoms in total. The van der Waals surface area contributed by atoms with Crippen molar-refractivity contribution in [3.63, 3.8) is 0 Å². The van der Waals surface area contributed by atoms with Crippen LogP contribution in [0, 0.1) is 0 Å². The van der Waals surface area contributed by atoms with Crippen molar-refractivity contribution in [3.8, 4) is 0 Å². The maximum atomic E-state index is 12.9. The van der Waals surface area contributed by atoms with Gasteiger partial charge in [0.15, 0.2) is 0 Å². The van der Waals surface area contributed by atoms with Gasteiger partial charge in [0, 0.05) is 24.3 Å². The molecule has 1 aliphatic rings. The molecule has 0 spiro atoms. The van der Waals surface area contributed by atoms with Crippen LogP contribution >= 0.6 is 0 Å². The number of nitrogens with one attached hydrogen (secondary N) is 2. The zero-order valence-electron chi connectivity index (χ0n) is 19.7. The molecule has 0 aromatic heterocycles. The van der Waals surface area contributed by atoms with E-state index in [4.69, 9.17) is 4.74 Å². The van der Waals surface area contributed by atoms with E-state index in [-0.39, 0.29) is 24.3 Å². The number of hydrogen-bond donors (Lipinski definition) is 2. The van der Waals surface area contributed by atoms with Crippen LogP contribution in [0.15, 0.2) is 78.9 Å². The number of amides is 3. The van der Waals surface area contributed by atoms with E-state index in [0.29, 0.717) is 25.3 Å². The van der Waals surface area contributed by atoms with E-state index < -0.39 is 6.04 Å². The molecule has 0 bridgehead atoms. The molecule has 7 heteroatoms. The smallest absolute Gasteiger partial charge is 0.315 e. The zero-order chi connectivity index (χ0) is 24.6. The highest BCUT2D eigenvalue weighted by atomic mass is 16.5. The minimum absolute atomic E-state index is 0.0110. The van der Waals surface area contributed by atoms with Crippen LogP contribution in [0.4, 0.5) is 10.5 Å². The predicted octanol–water partition coefficient (Wildman–Crippen LogP) is 4.38. The number of esters is 1. The maximum absolute atomic E-state index is 12.9. The van der Waals surface area contributed by atoms with Gasteiger partial charge in [0.2, 0.25) is 0 Å². The number of benzene rings is 3. The number of carbonyl (C=O) groups excluding carboxylic acids is 3. The third kappa shape index (κ3) is 6.06. The Hall–Kier alpha value is -4.13. The molecule has 1 unspecified atom stereocenters. The summed E-state index contributed by atoms with van der Waals surface area (Å²) in [6.07, 6.45) is 0.818. The number of ether oxygens (including phenoxy) is 1. The lowest BCUT2D eigenvalue weighted by Gasteiger charge is -2.19.